The average Bonchev–Trinajstić information content (AvgIpc) is 2.69. The number of hydrogen-bond acceptors (Lipinski definition) is 4. The van der Waals surface area contributed by atoms with Gasteiger partial charge in [-0.05, 0) is 12.1 Å². The van der Waals surface area contributed by atoms with E-state index in [0.29, 0.717) is 6.54 Å². The maximum Gasteiger partial charge on any atom is 0.126 e. The van der Waals surface area contributed by atoms with Crippen LogP contribution in [-0.2, 0) is 6.54 Å². The van der Waals surface area contributed by atoms with Gasteiger partial charge in [0.2, 0.25) is 0 Å². The highest BCUT2D eigenvalue weighted by atomic mass is 16.5. The van der Waals surface area contributed by atoms with E-state index in [1.807, 2.05) is 24.3 Å². The maximum absolute atomic E-state index is 4.69. The molecule has 1 N–H and O–H groups in total. The molecule has 4 heteroatoms. The molecule has 0 aliphatic heterocycles. The third-order valence-electron chi connectivity index (χ3n) is 1.61. The van der Waals surface area contributed by atoms with Gasteiger partial charge in [0.1, 0.15) is 17.8 Å². The van der Waals surface area contributed by atoms with Crippen molar-refractivity contribution in [3.63, 3.8) is 0 Å². The summed E-state index contributed by atoms with van der Waals surface area (Å²) in [5.41, 5.74) is 0.866. The molecule has 0 amide bonds. The van der Waals surface area contributed by atoms with Crippen molar-refractivity contribution in [1.82, 2.24) is 10.1 Å². The Morgan fingerprint density at radius 3 is 3.00 bits per heavy atom. The summed E-state index contributed by atoms with van der Waals surface area (Å²) in [6.07, 6.45) is 3.29. The minimum Gasteiger partial charge on any atom is -0.364 e. The Bertz CT molecular complexity index is 344. The van der Waals surface area contributed by atoms with E-state index in [9.17, 15) is 0 Å². The molecule has 0 aliphatic rings. The average molecular weight is 175 g/mol. The topological polar surface area (TPSA) is 51.0 Å². The van der Waals surface area contributed by atoms with Gasteiger partial charge in [0.25, 0.3) is 0 Å². The first-order chi connectivity index (χ1) is 6.45. The second-order valence-corrected chi connectivity index (χ2v) is 2.56. The molecule has 0 saturated heterocycles. The van der Waals surface area contributed by atoms with Gasteiger partial charge in [-0.15, -0.1) is 0 Å². The van der Waals surface area contributed by atoms with Crippen LogP contribution in [0.15, 0.2) is 41.2 Å². The van der Waals surface area contributed by atoms with Crippen molar-refractivity contribution in [1.29, 1.82) is 0 Å². The summed E-state index contributed by atoms with van der Waals surface area (Å²) < 4.78 is 4.69. The van der Waals surface area contributed by atoms with Crippen LogP contribution in [0.4, 0.5) is 5.82 Å². The van der Waals surface area contributed by atoms with Crippen molar-refractivity contribution in [2.24, 2.45) is 0 Å². The minimum absolute atomic E-state index is 0.632. The highest BCUT2D eigenvalue weighted by Gasteiger charge is 1.95. The molecule has 2 aromatic heterocycles. The molecule has 2 heterocycles. The molecule has 0 unspecified atom stereocenters. The summed E-state index contributed by atoms with van der Waals surface area (Å²) in [5.74, 6) is 0.838. The number of rotatable bonds is 3. The fourth-order valence-corrected chi connectivity index (χ4v) is 0.977. The van der Waals surface area contributed by atoms with Gasteiger partial charge in [0, 0.05) is 12.3 Å². The number of anilines is 1. The highest BCUT2D eigenvalue weighted by molar-refractivity contribution is 5.33. The predicted molar refractivity (Wildman–Crippen MR) is 48.1 cm³/mol. The van der Waals surface area contributed by atoms with Gasteiger partial charge in [0.15, 0.2) is 0 Å². The molecule has 13 heavy (non-hydrogen) atoms. The smallest absolute Gasteiger partial charge is 0.126 e. The Morgan fingerprint density at radius 1 is 1.31 bits per heavy atom. The first kappa shape index (κ1) is 7.79. The molecule has 0 aromatic carbocycles. The van der Waals surface area contributed by atoms with E-state index in [1.165, 1.54) is 0 Å². The van der Waals surface area contributed by atoms with Crippen LogP contribution in [-0.4, -0.2) is 10.1 Å². The van der Waals surface area contributed by atoms with E-state index in [0.717, 1.165) is 11.5 Å². The lowest BCUT2D eigenvalue weighted by Crippen LogP contribution is -2.00. The largest absolute Gasteiger partial charge is 0.364 e. The van der Waals surface area contributed by atoms with E-state index < -0.39 is 0 Å². The molecule has 2 rings (SSSR count). The van der Waals surface area contributed by atoms with E-state index >= 15 is 0 Å². The summed E-state index contributed by atoms with van der Waals surface area (Å²) in [4.78, 5) is 4.11. The first-order valence-corrected chi connectivity index (χ1v) is 3.99. The lowest BCUT2D eigenvalue weighted by atomic mass is 10.4. The second kappa shape index (κ2) is 3.71. The van der Waals surface area contributed by atoms with Gasteiger partial charge >= 0.3 is 0 Å². The number of pyridine rings is 1. The van der Waals surface area contributed by atoms with Gasteiger partial charge in [0.05, 0.1) is 6.54 Å². The molecule has 0 atom stereocenters. The zero-order valence-electron chi connectivity index (χ0n) is 6.97. The molecular weight excluding hydrogens is 166 g/mol. The lowest BCUT2D eigenvalue weighted by Gasteiger charge is -2.00. The molecular formula is C9H9N3O. The molecule has 0 aliphatic carbocycles. The van der Waals surface area contributed by atoms with E-state index in [-0.39, 0.29) is 0 Å². The molecule has 0 spiro atoms. The highest BCUT2D eigenvalue weighted by Crippen LogP contribution is 2.02. The van der Waals surface area contributed by atoms with Gasteiger partial charge in [-0.25, -0.2) is 4.98 Å². The van der Waals surface area contributed by atoms with Crippen molar-refractivity contribution in [3.05, 3.63) is 42.4 Å². The van der Waals surface area contributed by atoms with Crippen LogP contribution in [0.5, 0.6) is 0 Å². The molecule has 2 aromatic rings. The van der Waals surface area contributed by atoms with Gasteiger partial charge in [-0.1, -0.05) is 11.2 Å². The van der Waals surface area contributed by atoms with Crippen LogP contribution in [0, 0.1) is 0 Å². The zero-order valence-corrected chi connectivity index (χ0v) is 6.97. The maximum atomic E-state index is 4.69. The Hall–Kier alpha value is -1.84. The fraction of sp³-hybridized carbons (Fsp3) is 0.111. The predicted octanol–water partition coefficient (Wildman–Crippen LogP) is 1.68. The fourth-order valence-electron chi connectivity index (χ4n) is 0.977. The Morgan fingerprint density at radius 2 is 2.31 bits per heavy atom. The normalized spacial score (nSPS) is 9.85. The molecule has 4 nitrogen and oxygen atoms in total. The van der Waals surface area contributed by atoms with Gasteiger partial charge in [-0.2, -0.15) is 0 Å². The van der Waals surface area contributed by atoms with Crippen LogP contribution >= 0.6 is 0 Å². The van der Waals surface area contributed by atoms with Gasteiger partial charge in [-0.3, -0.25) is 0 Å². The van der Waals surface area contributed by atoms with Crippen LogP contribution in [0.25, 0.3) is 0 Å². The van der Waals surface area contributed by atoms with E-state index in [1.54, 1.807) is 12.5 Å². The summed E-state index contributed by atoms with van der Waals surface area (Å²) >= 11 is 0. The van der Waals surface area contributed by atoms with Crippen molar-refractivity contribution in [2.75, 3.05) is 5.32 Å². The lowest BCUT2D eigenvalue weighted by molar-refractivity contribution is 0.412. The quantitative estimate of drug-likeness (QED) is 0.771. The molecule has 0 radical (unpaired) electrons. The van der Waals surface area contributed by atoms with Crippen molar-refractivity contribution in [3.8, 4) is 0 Å². The zero-order chi connectivity index (χ0) is 8.93. The molecule has 0 fully saturated rings. The van der Waals surface area contributed by atoms with Gasteiger partial charge < -0.3 is 9.84 Å². The van der Waals surface area contributed by atoms with Crippen molar-refractivity contribution in [2.45, 2.75) is 6.54 Å². The number of aromatic nitrogens is 2. The Labute approximate surface area is 75.6 Å². The Balaban J connectivity index is 1.94. The van der Waals surface area contributed by atoms with E-state index in [4.69, 9.17) is 4.52 Å². The van der Waals surface area contributed by atoms with Crippen LogP contribution in [0.3, 0.4) is 0 Å². The molecule has 0 saturated carbocycles. The van der Waals surface area contributed by atoms with Crippen LogP contribution in [0.1, 0.15) is 5.69 Å². The van der Waals surface area contributed by atoms with Crippen LogP contribution in [0.2, 0.25) is 0 Å². The van der Waals surface area contributed by atoms with Crippen molar-refractivity contribution >= 4 is 5.82 Å². The number of nitrogens with zero attached hydrogens (tertiary/aromatic N) is 2. The summed E-state index contributed by atoms with van der Waals surface area (Å²) in [6.45, 7) is 0.632. The monoisotopic (exact) mass is 175 g/mol. The first-order valence-electron chi connectivity index (χ1n) is 3.99. The third kappa shape index (κ3) is 2.05. The molecule has 0 bridgehead atoms. The summed E-state index contributed by atoms with van der Waals surface area (Å²) in [7, 11) is 0. The Kier molecular flexibility index (Phi) is 2.22. The summed E-state index contributed by atoms with van der Waals surface area (Å²) in [5, 5.41) is 6.88. The summed E-state index contributed by atoms with van der Waals surface area (Å²) in [6, 6.07) is 7.52. The van der Waals surface area contributed by atoms with Crippen LogP contribution < -0.4 is 5.32 Å². The SMILES string of the molecule is c1ccc(NCc2ccon2)nc1. The second-order valence-electron chi connectivity index (χ2n) is 2.56. The van der Waals surface area contributed by atoms with Crippen molar-refractivity contribution < 1.29 is 4.52 Å². The third-order valence-corrected chi connectivity index (χ3v) is 1.61. The minimum atomic E-state index is 0.632. The van der Waals surface area contributed by atoms with E-state index in [2.05, 4.69) is 15.5 Å². The number of nitrogens with one attached hydrogen (secondary N) is 1. The molecule has 66 valence electrons. The number of hydrogen-bond donors (Lipinski definition) is 1. The standard InChI is InChI=1S/C9H9N3O/c1-2-5-10-9(3-1)11-7-8-4-6-13-12-8/h1-6H,7H2,(H,10,11).